The second-order valence-corrected chi connectivity index (χ2v) is 8.12. The summed E-state index contributed by atoms with van der Waals surface area (Å²) in [6, 6.07) is 15.2. The summed E-state index contributed by atoms with van der Waals surface area (Å²) >= 11 is 0. The van der Waals surface area contributed by atoms with Gasteiger partial charge in [-0.2, -0.15) is 0 Å². The number of aromatic nitrogens is 1. The normalized spacial score (nSPS) is 20.4. The second kappa shape index (κ2) is 7.15. The van der Waals surface area contributed by atoms with Gasteiger partial charge in [-0.3, -0.25) is 14.6 Å². The Bertz CT molecular complexity index is 1160. The Labute approximate surface area is 175 Å². The van der Waals surface area contributed by atoms with E-state index in [1.165, 1.54) is 34.0 Å². The summed E-state index contributed by atoms with van der Waals surface area (Å²) < 4.78 is 0. The highest BCUT2D eigenvalue weighted by Crippen LogP contribution is 2.40. The summed E-state index contributed by atoms with van der Waals surface area (Å²) in [5.41, 5.74) is 5.47. The summed E-state index contributed by atoms with van der Waals surface area (Å²) in [6.45, 7) is 0.589. The topological polar surface area (TPSA) is 68.4 Å². The van der Waals surface area contributed by atoms with Gasteiger partial charge in [-0.25, -0.2) is 4.79 Å². The summed E-state index contributed by atoms with van der Waals surface area (Å²) in [6.07, 6.45) is 5.09. The first kappa shape index (κ1) is 18.6. The summed E-state index contributed by atoms with van der Waals surface area (Å²) in [5, 5.41) is 4.03. The van der Waals surface area contributed by atoms with Crippen LogP contribution in [0.1, 0.15) is 11.1 Å². The minimum absolute atomic E-state index is 0.201. The maximum atomic E-state index is 13.2. The molecule has 0 saturated carbocycles. The molecule has 0 unspecified atom stereocenters. The van der Waals surface area contributed by atoms with Crippen molar-refractivity contribution in [3.63, 3.8) is 0 Å². The number of para-hydroxylation sites is 1. The van der Waals surface area contributed by atoms with Crippen LogP contribution in [0, 0.1) is 5.92 Å². The third-order valence-corrected chi connectivity index (χ3v) is 6.25. The van der Waals surface area contributed by atoms with Crippen molar-refractivity contribution < 1.29 is 9.59 Å². The van der Waals surface area contributed by atoms with Crippen molar-refractivity contribution in [2.75, 3.05) is 26.0 Å². The van der Waals surface area contributed by atoms with Gasteiger partial charge in [0, 0.05) is 42.4 Å². The van der Waals surface area contributed by atoms with E-state index in [9.17, 15) is 9.59 Å². The molecule has 3 amide bonds. The van der Waals surface area contributed by atoms with Gasteiger partial charge in [0.1, 0.15) is 0 Å². The van der Waals surface area contributed by atoms with Gasteiger partial charge in [-0.1, -0.05) is 36.4 Å². The molecular weight excluding hydrogens is 376 g/mol. The van der Waals surface area contributed by atoms with E-state index in [0.717, 1.165) is 11.9 Å². The smallest absolute Gasteiger partial charge is 0.328 e. The van der Waals surface area contributed by atoms with Gasteiger partial charge in [-0.15, -0.1) is 0 Å². The van der Waals surface area contributed by atoms with Crippen LogP contribution < -0.4 is 5.32 Å². The van der Waals surface area contributed by atoms with Gasteiger partial charge in [0.15, 0.2) is 0 Å². The molecule has 2 N–H and O–H groups in total. The molecule has 30 heavy (non-hydrogen) atoms. The number of benzene rings is 2. The molecular formula is C24H24N4O2. The lowest BCUT2D eigenvalue weighted by Crippen LogP contribution is -2.48. The van der Waals surface area contributed by atoms with E-state index in [4.69, 9.17) is 0 Å². The van der Waals surface area contributed by atoms with Crippen molar-refractivity contribution in [3.8, 4) is 0 Å². The van der Waals surface area contributed by atoms with Gasteiger partial charge in [0.2, 0.25) is 5.91 Å². The molecule has 1 aliphatic heterocycles. The Morgan fingerprint density at radius 1 is 1.13 bits per heavy atom. The van der Waals surface area contributed by atoms with Gasteiger partial charge >= 0.3 is 6.03 Å². The van der Waals surface area contributed by atoms with Crippen LogP contribution in [-0.2, 0) is 11.2 Å². The molecule has 1 aliphatic carbocycles. The third-order valence-electron chi connectivity index (χ3n) is 6.25. The first-order valence-corrected chi connectivity index (χ1v) is 10.2. The number of imide groups is 1. The van der Waals surface area contributed by atoms with Crippen molar-refractivity contribution in [3.05, 3.63) is 71.9 Å². The van der Waals surface area contributed by atoms with Gasteiger partial charge < -0.3 is 10.3 Å². The maximum Gasteiger partial charge on any atom is 0.328 e. The lowest BCUT2D eigenvalue weighted by molar-refractivity contribution is -0.130. The van der Waals surface area contributed by atoms with E-state index in [1.54, 1.807) is 12.1 Å². The van der Waals surface area contributed by atoms with Crippen LogP contribution in [0.2, 0.25) is 0 Å². The number of aromatic amines is 1. The number of anilines is 1. The number of hydrogen-bond donors (Lipinski definition) is 2. The number of nitrogens with zero attached hydrogens (tertiary/aromatic N) is 2. The molecule has 5 rings (SSSR count). The number of amides is 3. The molecule has 0 radical (unpaired) electrons. The Hall–Kier alpha value is -3.38. The molecule has 0 fully saturated rings. The number of carbonyl (C=O) groups is 2. The number of carbonyl (C=O) groups excluding carboxylic acids is 2. The highest BCUT2D eigenvalue weighted by atomic mass is 16.2. The number of urea groups is 1. The lowest BCUT2D eigenvalue weighted by atomic mass is 9.79. The number of nitrogens with one attached hydrogen (secondary N) is 2. The van der Waals surface area contributed by atoms with E-state index in [1.807, 2.05) is 24.3 Å². The van der Waals surface area contributed by atoms with Crippen LogP contribution in [0.25, 0.3) is 16.5 Å². The first-order valence-electron chi connectivity index (χ1n) is 10.2. The third kappa shape index (κ3) is 3.00. The van der Waals surface area contributed by atoms with Crippen LogP contribution in [-0.4, -0.2) is 53.4 Å². The lowest BCUT2D eigenvalue weighted by Gasteiger charge is -2.40. The van der Waals surface area contributed by atoms with E-state index in [0.29, 0.717) is 12.2 Å². The van der Waals surface area contributed by atoms with Crippen molar-refractivity contribution in [2.24, 2.45) is 5.92 Å². The molecule has 3 aromatic rings. The molecule has 0 saturated heterocycles. The fourth-order valence-corrected chi connectivity index (χ4v) is 4.68. The Morgan fingerprint density at radius 3 is 2.73 bits per heavy atom. The molecule has 0 bridgehead atoms. The molecule has 152 valence electrons. The van der Waals surface area contributed by atoms with E-state index >= 15 is 0 Å². The number of likely N-dealkylation sites (N-methyl/N-ethyl adjacent to an activating group) is 1. The van der Waals surface area contributed by atoms with Crippen LogP contribution in [0.5, 0.6) is 0 Å². The van der Waals surface area contributed by atoms with Crippen molar-refractivity contribution >= 4 is 34.1 Å². The van der Waals surface area contributed by atoms with Crippen molar-refractivity contribution in [1.82, 2.24) is 14.8 Å². The van der Waals surface area contributed by atoms with Crippen LogP contribution in [0.4, 0.5) is 10.5 Å². The largest absolute Gasteiger partial charge is 0.361 e. The first-order chi connectivity index (χ1) is 14.5. The number of hydrogen-bond acceptors (Lipinski definition) is 3. The van der Waals surface area contributed by atoms with E-state index in [-0.39, 0.29) is 17.9 Å². The van der Waals surface area contributed by atoms with Gasteiger partial charge in [0.05, 0.1) is 5.92 Å². The predicted molar refractivity (Wildman–Crippen MR) is 118 cm³/mol. The quantitative estimate of drug-likeness (QED) is 0.689. The average Bonchev–Trinajstić information content (AvgIpc) is 3.18. The molecule has 2 aliphatic rings. The highest BCUT2D eigenvalue weighted by Gasteiger charge is 2.37. The summed E-state index contributed by atoms with van der Waals surface area (Å²) in [4.78, 5) is 32.6. The number of fused-ring (bicyclic) bond motifs is 2. The zero-order valence-corrected chi connectivity index (χ0v) is 17.1. The molecule has 2 heterocycles. The fourth-order valence-electron chi connectivity index (χ4n) is 4.68. The highest BCUT2D eigenvalue weighted by molar-refractivity contribution is 6.04. The summed E-state index contributed by atoms with van der Waals surface area (Å²) in [7, 11) is 3.59. The zero-order chi connectivity index (χ0) is 20.8. The summed E-state index contributed by atoms with van der Waals surface area (Å²) in [5.74, 6) is -0.572. The zero-order valence-electron chi connectivity index (χ0n) is 17.1. The molecule has 1 aromatic heterocycles. The van der Waals surface area contributed by atoms with E-state index < -0.39 is 6.03 Å². The van der Waals surface area contributed by atoms with E-state index in [2.05, 4.69) is 46.7 Å². The Balaban J connectivity index is 1.43. The average molecular weight is 400 g/mol. The fraction of sp³-hybridized carbons (Fsp3) is 0.250. The SMILES string of the molecule is CN(C(=O)Nc1ccccc1)C(=O)[C@@H]1C=C2c3cccc4[nH]cc(c34)C[C@H]2N(C)C1. The van der Waals surface area contributed by atoms with Crippen LogP contribution >= 0.6 is 0 Å². The predicted octanol–water partition coefficient (Wildman–Crippen LogP) is 3.73. The monoisotopic (exact) mass is 400 g/mol. The molecule has 6 heteroatoms. The van der Waals surface area contributed by atoms with Crippen LogP contribution in [0.15, 0.2) is 60.8 Å². The molecule has 2 atom stereocenters. The van der Waals surface area contributed by atoms with Gasteiger partial charge in [0.25, 0.3) is 0 Å². The Kier molecular flexibility index (Phi) is 4.44. The standard InChI is InChI=1S/C24H24N4O2/c1-27-14-16(23(29)28(2)24(30)26-17-7-4-3-5-8-17)11-19-18-9-6-10-20-22(18)15(13-25-20)12-21(19)27/h3-11,13,16,21,25H,12,14H2,1-2H3,(H,26,30)/t16-,21-/m1/s1. The molecule has 2 aromatic carbocycles. The van der Waals surface area contributed by atoms with Crippen LogP contribution in [0.3, 0.4) is 0 Å². The van der Waals surface area contributed by atoms with Crippen molar-refractivity contribution in [2.45, 2.75) is 12.5 Å². The maximum absolute atomic E-state index is 13.2. The number of rotatable bonds is 2. The second-order valence-electron chi connectivity index (χ2n) is 8.12. The minimum Gasteiger partial charge on any atom is -0.361 e. The molecule has 6 nitrogen and oxygen atoms in total. The van der Waals surface area contributed by atoms with Crippen molar-refractivity contribution in [1.29, 1.82) is 0 Å². The minimum atomic E-state index is -0.423. The molecule has 0 spiro atoms. The number of H-pyrrole nitrogens is 1. The van der Waals surface area contributed by atoms with Gasteiger partial charge in [-0.05, 0) is 48.4 Å². The Morgan fingerprint density at radius 2 is 1.93 bits per heavy atom.